The molecule has 10 heteroatoms. The van der Waals surface area contributed by atoms with E-state index in [4.69, 9.17) is 0 Å². The zero-order valence-electron chi connectivity index (χ0n) is 16.5. The number of nitrogens with one attached hydrogen (secondary N) is 2. The molecule has 0 fully saturated rings. The van der Waals surface area contributed by atoms with E-state index in [1.165, 1.54) is 6.07 Å². The SMILES string of the molecule is CC1=Cc2cc(O)c([I-][NH+]([O-])[O-])cc2[C@H](C)C(CNC(=O)C(F)(F)F)CC1(C)C. The van der Waals surface area contributed by atoms with Crippen LogP contribution in [0.1, 0.15) is 51.2 Å². The van der Waals surface area contributed by atoms with E-state index in [2.05, 4.69) is 0 Å². The summed E-state index contributed by atoms with van der Waals surface area (Å²) < 4.78 is 36.9. The topological polar surface area (TPSA) is 99.9 Å². The Balaban J connectivity index is 2.47. The Morgan fingerprint density at radius 2 is 2.00 bits per heavy atom. The number of aromatic hydroxyl groups is 1. The summed E-state index contributed by atoms with van der Waals surface area (Å²) in [6, 6.07) is 3.11. The molecule has 6 nitrogen and oxygen atoms in total. The molecule has 1 aromatic carbocycles. The average molecular weight is 528 g/mol. The van der Waals surface area contributed by atoms with Gasteiger partial charge in [-0.3, -0.25) is 0 Å². The number of phenols is 1. The van der Waals surface area contributed by atoms with E-state index in [0.29, 0.717) is 15.6 Å². The number of hydrogen-bond donors (Lipinski definition) is 3. The zero-order chi connectivity index (χ0) is 22.1. The first-order valence-corrected chi connectivity index (χ1v) is 11.1. The third-order valence-corrected chi connectivity index (χ3v) is 7.41. The predicted molar refractivity (Wildman–Crippen MR) is 97.5 cm³/mol. The Labute approximate surface area is 177 Å². The first-order valence-electron chi connectivity index (χ1n) is 8.99. The van der Waals surface area contributed by atoms with Crippen molar-refractivity contribution in [2.24, 2.45) is 11.3 Å². The normalized spacial score (nSPS) is 21.9. The van der Waals surface area contributed by atoms with Crippen LogP contribution in [0.25, 0.3) is 6.08 Å². The summed E-state index contributed by atoms with van der Waals surface area (Å²) in [6.07, 6.45) is -2.51. The number of alkyl halides is 3. The first-order chi connectivity index (χ1) is 13.2. The molecule has 0 radical (unpaired) electrons. The van der Waals surface area contributed by atoms with Gasteiger partial charge in [0.15, 0.2) is 0 Å². The number of fused-ring (bicyclic) bond motifs is 1. The minimum absolute atomic E-state index is 0.127. The standard InChI is InChI=1S/C19H24F3IN2O4/c1-10-5-12-6-16(26)15(23-25(28)29)7-14(12)11(2)13(8-18(10,3)4)9-24-17(27)19(20,21)22/h5-7,11,13,25-26H,8-9H2,1-4H3,(H,24,27)/q-2/t11-,13?/m1/s1. The van der Waals surface area contributed by atoms with E-state index in [-0.39, 0.29) is 29.5 Å². The molecule has 1 aliphatic carbocycles. The van der Waals surface area contributed by atoms with Crippen molar-refractivity contribution in [2.45, 2.75) is 46.2 Å². The van der Waals surface area contributed by atoms with Crippen LogP contribution in [0, 0.1) is 25.3 Å². The van der Waals surface area contributed by atoms with Crippen LogP contribution >= 0.6 is 0 Å². The van der Waals surface area contributed by atoms with Gasteiger partial charge in [-0.05, 0) is 0 Å². The van der Waals surface area contributed by atoms with Crippen LogP contribution in [0.3, 0.4) is 0 Å². The molecule has 1 aliphatic rings. The number of quaternary nitrogens is 1. The fourth-order valence-corrected chi connectivity index (χ4v) is 4.92. The fourth-order valence-electron chi connectivity index (χ4n) is 3.52. The summed E-state index contributed by atoms with van der Waals surface area (Å²) in [7, 11) is 0. The fraction of sp³-hybridized carbons (Fsp3) is 0.526. The van der Waals surface area contributed by atoms with Crippen molar-refractivity contribution in [1.82, 2.24) is 5.32 Å². The van der Waals surface area contributed by atoms with E-state index in [0.717, 1.165) is 11.1 Å². The van der Waals surface area contributed by atoms with Crippen LogP contribution in [0.15, 0.2) is 17.7 Å². The number of carbonyl (C=O) groups excluding carboxylic acids is 1. The van der Waals surface area contributed by atoms with Gasteiger partial charge in [-0.15, -0.1) is 0 Å². The Morgan fingerprint density at radius 1 is 1.38 bits per heavy atom. The first kappa shape index (κ1) is 23.9. The van der Waals surface area contributed by atoms with E-state index in [1.807, 2.05) is 39.1 Å². The third-order valence-electron chi connectivity index (χ3n) is 5.52. The molecule has 0 aliphatic heterocycles. The van der Waals surface area contributed by atoms with Crippen molar-refractivity contribution in [1.29, 1.82) is 0 Å². The van der Waals surface area contributed by atoms with Gasteiger partial charge in [0.2, 0.25) is 0 Å². The number of hydrogen-bond acceptors (Lipinski definition) is 4. The van der Waals surface area contributed by atoms with Crippen molar-refractivity contribution in [2.75, 3.05) is 6.54 Å². The number of allylic oxidation sites excluding steroid dienone is 1. The summed E-state index contributed by atoms with van der Waals surface area (Å²) in [5, 5.41) is 34.3. The van der Waals surface area contributed by atoms with E-state index < -0.39 is 37.0 Å². The van der Waals surface area contributed by atoms with E-state index >= 15 is 0 Å². The number of rotatable bonds is 4. The second kappa shape index (κ2) is 8.78. The van der Waals surface area contributed by atoms with E-state index in [9.17, 15) is 33.5 Å². The van der Waals surface area contributed by atoms with Crippen molar-refractivity contribution in [3.05, 3.63) is 42.8 Å². The number of phenolic OH excluding ortho intramolecular Hbond substituents is 1. The molecule has 0 aromatic heterocycles. The van der Waals surface area contributed by atoms with E-state index in [1.54, 1.807) is 6.07 Å². The van der Waals surface area contributed by atoms with Crippen molar-refractivity contribution in [3.8, 4) is 5.75 Å². The second-order valence-electron chi connectivity index (χ2n) is 7.94. The molecule has 0 spiro atoms. The molecular formula is C19H24F3IN2O4-2. The molecular weight excluding hydrogens is 504 g/mol. The number of benzene rings is 1. The maximum atomic E-state index is 12.6. The van der Waals surface area contributed by atoms with Crippen LogP contribution in [0.4, 0.5) is 13.2 Å². The molecule has 0 saturated carbocycles. The Bertz CT molecular complexity index is 809. The van der Waals surface area contributed by atoms with Crippen molar-refractivity contribution >= 4 is 12.0 Å². The predicted octanol–water partition coefficient (Wildman–Crippen LogP) is -0.322. The van der Waals surface area contributed by atoms with Gasteiger partial charge in [-0.25, -0.2) is 0 Å². The molecule has 2 atom stereocenters. The molecule has 29 heavy (non-hydrogen) atoms. The molecule has 0 saturated heterocycles. The van der Waals surface area contributed by atoms with Gasteiger partial charge in [0.1, 0.15) is 0 Å². The minimum atomic E-state index is -4.95. The van der Waals surface area contributed by atoms with Crippen LogP contribution < -0.4 is 30.2 Å². The molecule has 1 amide bonds. The maximum absolute atomic E-state index is 12.6. The summed E-state index contributed by atoms with van der Waals surface area (Å²) in [5.41, 5.74) is 2.06. The van der Waals surface area contributed by atoms with Crippen LogP contribution in [0.2, 0.25) is 0 Å². The Kier molecular flexibility index (Phi) is 7.24. The molecule has 0 heterocycles. The van der Waals surface area contributed by atoms with Crippen molar-refractivity contribution < 1.29 is 48.0 Å². The average Bonchev–Trinajstić information content (AvgIpc) is 2.57. The summed E-state index contributed by atoms with van der Waals surface area (Å²) >= 11 is -1.57. The van der Waals surface area contributed by atoms with Gasteiger partial charge in [0.05, 0.1) is 0 Å². The van der Waals surface area contributed by atoms with Gasteiger partial charge in [0, 0.05) is 0 Å². The molecule has 164 valence electrons. The number of carbonyl (C=O) groups is 1. The van der Waals surface area contributed by atoms with Crippen LogP contribution in [-0.4, -0.2) is 23.7 Å². The summed E-state index contributed by atoms with van der Waals surface area (Å²) in [6.45, 7) is 7.54. The Hall–Kier alpha value is -1.37. The van der Waals surface area contributed by atoms with Gasteiger partial charge in [-0.2, -0.15) is 0 Å². The summed E-state index contributed by atoms with van der Waals surface area (Å²) in [4.78, 5) is 11.3. The summed E-state index contributed by atoms with van der Waals surface area (Å²) in [5.74, 6) is -2.70. The molecule has 0 bridgehead atoms. The molecule has 1 unspecified atom stereocenters. The van der Waals surface area contributed by atoms with Gasteiger partial charge in [0.25, 0.3) is 0 Å². The van der Waals surface area contributed by atoms with Gasteiger partial charge in [-0.1, -0.05) is 0 Å². The monoisotopic (exact) mass is 528 g/mol. The van der Waals surface area contributed by atoms with Crippen molar-refractivity contribution in [3.63, 3.8) is 0 Å². The quantitative estimate of drug-likeness (QED) is 0.284. The number of halogens is 4. The molecule has 2 rings (SSSR count). The van der Waals surface area contributed by atoms with Gasteiger partial charge < -0.3 is 0 Å². The van der Waals surface area contributed by atoms with Crippen LogP contribution in [-0.2, 0) is 4.79 Å². The second-order valence-corrected chi connectivity index (χ2v) is 10.5. The van der Waals surface area contributed by atoms with Crippen LogP contribution in [0.5, 0.6) is 5.75 Å². The molecule has 1 aromatic rings. The Morgan fingerprint density at radius 3 is 2.55 bits per heavy atom. The molecule has 3 N–H and O–H groups in total. The number of amides is 1. The van der Waals surface area contributed by atoms with Gasteiger partial charge >= 0.3 is 178 Å². The zero-order valence-corrected chi connectivity index (χ0v) is 18.6. The third kappa shape index (κ3) is 5.83.